The Labute approximate surface area is 126 Å². The predicted molar refractivity (Wildman–Crippen MR) is 75.4 cm³/mol. The maximum Gasteiger partial charge on any atom is 0.337 e. The van der Waals surface area contributed by atoms with E-state index in [1.54, 1.807) is 0 Å². The maximum absolute atomic E-state index is 13.7. The molecule has 0 atom stereocenters. The molecular weight excluding hydrogens is 348 g/mol. The van der Waals surface area contributed by atoms with Crippen molar-refractivity contribution >= 4 is 33.5 Å². The number of carboxylic acid groups (broad SMARTS) is 1. The standard InChI is InChI=1S/C14H8BrF2NO3/c15-10-6-7(16)4-5-8(10)13(19)18-12-9(14(20)21)2-1-3-11(12)17/h1-6H,(H,18,19)(H,20,21). The topological polar surface area (TPSA) is 66.4 Å². The lowest BCUT2D eigenvalue weighted by molar-refractivity contribution is 0.0697. The third kappa shape index (κ3) is 3.25. The van der Waals surface area contributed by atoms with Crippen LogP contribution >= 0.6 is 15.9 Å². The van der Waals surface area contributed by atoms with Gasteiger partial charge in [-0.3, -0.25) is 4.79 Å². The van der Waals surface area contributed by atoms with E-state index in [2.05, 4.69) is 21.2 Å². The third-order valence-electron chi connectivity index (χ3n) is 2.66. The fraction of sp³-hybridized carbons (Fsp3) is 0. The van der Waals surface area contributed by atoms with Crippen LogP contribution in [0.25, 0.3) is 0 Å². The molecule has 0 fully saturated rings. The van der Waals surface area contributed by atoms with Gasteiger partial charge in [-0.25, -0.2) is 13.6 Å². The Kier molecular flexibility index (Phi) is 4.32. The summed E-state index contributed by atoms with van der Waals surface area (Å²) in [7, 11) is 0. The van der Waals surface area contributed by atoms with E-state index in [9.17, 15) is 18.4 Å². The Morgan fingerprint density at radius 1 is 1.10 bits per heavy atom. The van der Waals surface area contributed by atoms with Crippen LogP contribution in [0.5, 0.6) is 0 Å². The van der Waals surface area contributed by atoms with Crippen molar-refractivity contribution in [1.82, 2.24) is 0 Å². The summed E-state index contributed by atoms with van der Waals surface area (Å²) in [6.07, 6.45) is 0. The van der Waals surface area contributed by atoms with Crippen molar-refractivity contribution in [3.8, 4) is 0 Å². The van der Waals surface area contributed by atoms with Gasteiger partial charge >= 0.3 is 5.97 Å². The van der Waals surface area contributed by atoms with Crippen molar-refractivity contribution in [1.29, 1.82) is 0 Å². The molecule has 1 amide bonds. The molecule has 0 aliphatic carbocycles. The minimum absolute atomic E-state index is 0.0518. The number of carbonyl (C=O) groups excluding carboxylic acids is 1. The van der Waals surface area contributed by atoms with Crippen LogP contribution in [0.2, 0.25) is 0 Å². The summed E-state index contributed by atoms with van der Waals surface area (Å²) in [5.41, 5.74) is -0.760. The summed E-state index contributed by atoms with van der Waals surface area (Å²) < 4.78 is 26.8. The SMILES string of the molecule is O=C(Nc1c(F)cccc1C(=O)O)c1ccc(F)cc1Br. The summed E-state index contributed by atoms with van der Waals surface area (Å²) >= 11 is 3.02. The van der Waals surface area contributed by atoms with Crippen LogP contribution in [0.15, 0.2) is 40.9 Å². The molecule has 0 aromatic heterocycles. The van der Waals surface area contributed by atoms with E-state index < -0.39 is 29.2 Å². The highest BCUT2D eigenvalue weighted by Gasteiger charge is 2.18. The van der Waals surface area contributed by atoms with Gasteiger partial charge in [-0.1, -0.05) is 6.07 Å². The van der Waals surface area contributed by atoms with E-state index >= 15 is 0 Å². The van der Waals surface area contributed by atoms with Gasteiger partial charge < -0.3 is 10.4 Å². The molecule has 108 valence electrons. The van der Waals surface area contributed by atoms with Gasteiger partial charge in [0, 0.05) is 4.47 Å². The van der Waals surface area contributed by atoms with Gasteiger partial charge in [0.25, 0.3) is 5.91 Å². The third-order valence-corrected chi connectivity index (χ3v) is 3.31. The van der Waals surface area contributed by atoms with Crippen molar-refractivity contribution in [2.45, 2.75) is 0 Å². The highest BCUT2D eigenvalue weighted by Crippen LogP contribution is 2.23. The summed E-state index contributed by atoms with van der Waals surface area (Å²) in [4.78, 5) is 23.1. The number of carbonyl (C=O) groups is 2. The number of anilines is 1. The van der Waals surface area contributed by atoms with Crippen LogP contribution < -0.4 is 5.32 Å². The van der Waals surface area contributed by atoms with E-state index in [1.165, 1.54) is 18.2 Å². The van der Waals surface area contributed by atoms with E-state index in [0.717, 1.165) is 18.2 Å². The predicted octanol–water partition coefficient (Wildman–Crippen LogP) is 3.68. The Balaban J connectivity index is 2.38. The van der Waals surface area contributed by atoms with Crippen LogP contribution in [-0.2, 0) is 0 Å². The van der Waals surface area contributed by atoms with Crippen molar-refractivity contribution < 1.29 is 23.5 Å². The number of benzene rings is 2. The molecule has 2 aromatic rings. The molecule has 0 radical (unpaired) electrons. The molecule has 0 aliphatic heterocycles. The molecule has 0 aliphatic rings. The molecule has 0 unspecified atom stereocenters. The lowest BCUT2D eigenvalue weighted by Crippen LogP contribution is -2.16. The quantitative estimate of drug-likeness (QED) is 0.882. The largest absolute Gasteiger partial charge is 0.478 e. The minimum atomic E-state index is -1.37. The van der Waals surface area contributed by atoms with E-state index in [-0.39, 0.29) is 15.6 Å². The van der Waals surface area contributed by atoms with Gasteiger partial charge in [0.2, 0.25) is 0 Å². The molecule has 2 aromatic carbocycles. The molecule has 0 saturated heterocycles. The summed E-state index contributed by atoms with van der Waals surface area (Å²) in [6.45, 7) is 0. The molecule has 2 rings (SSSR count). The summed E-state index contributed by atoms with van der Waals surface area (Å²) in [5.74, 6) is -3.55. The Morgan fingerprint density at radius 3 is 2.43 bits per heavy atom. The highest BCUT2D eigenvalue weighted by molar-refractivity contribution is 9.10. The molecule has 21 heavy (non-hydrogen) atoms. The number of nitrogens with one attached hydrogen (secondary N) is 1. The van der Waals surface area contributed by atoms with Crippen molar-refractivity contribution in [3.05, 3.63) is 63.6 Å². The van der Waals surface area contributed by atoms with Crippen LogP contribution in [0.4, 0.5) is 14.5 Å². The second kappa shape index (κ2) is 6.01. The fourth-order valence-electron chi connectivity index (χ4n) is 1.68. The molecule has 7 heteroatoms. The van der Waals surface area contributed by atoms with Crippen molar-refractivity contribution in [3.63, 3.8) is 0 Å². The van der Waals surface area contributed by atoms with E-state index in [0.29, 0.717) is 0 Å². The molecule has 2 N–H and O–H groups in total. The first-order chi connectivity index (χ1) is 9.90. The molecule has 0 saturated carbocycles. The molecule has 0 bridgehead atoms. The smallest absolute Gasteiger partial charge is 0.337 e. The molecule has 0 heterocycles. The van der Waals surface area contributed by atoms with Crippen LogP contribution in [0, 0.1) is 11.6 Å². The van der Waals surface area contributed by atoms with E-state index in [4.69, 9.17) is 5.11 Å². The van der Waals surface area contributed by atoms with Crippen LogP contribution in [0.3, 0.4) is 0 Å². The lowest BCUT2D eigenvalue weighted by atomic mass is 10.1. The Bertz CT molecular complexity index is 734. The second-order valence-corrected chi connectivity index (χ2v) is 4.90. The van der Waals surface area contributed by atoms with Gasteiger partial charge in [0.1, 0.15) is 11.6 Å². The number of para-hydroxylation sites is 1. The highest BCUT2D eigenvalue weighted by atomic mass is 79.9. The maximum atomic E-state index is 13.7. The lowest BCUT2D eigenvalue weighted by Gasteiger charge is -2.10. The number of amides is 1. The average molecular weight is 356 g/mol. The number of carboxylic acids is 1. The van der Waals surface area contributed by atoms with Crippen LogP contribution in [-0.4, -0.2) is 17.0 Å². The van der Waals surface area contributed by atoms with Gasteiger partial charge in [-0.05, 0) is 46.3 Å². The minimum Gasteiger partial charge on any atom is -0.478 e. The summed E-state index contributed by atoms with van der Waals surface area (Å²) in [5, 5.41) is 11.2. The van der Waals surface area contributed by atoms with E-state index in [1.807, 2.05) is 0 Å². The second-order valence-electron chi connectivity index (χ2n) is 4.05. The van der Waals surface area contributed by atoms with Gasteiger partial charge in [-0.2, -0.15) is 0 Å². The molecule has 0 spiro atoms. The fourth-order valence-corrected chi connectivity index (χ4v) is 2.21. The average Bonchev–Trinajstić information content (AvgIpc) is 2.40. The first-order valence-electron chi connectivity index (χ1n) is 5.68. The zero-order valence-electron chi connectivity index (χ0n) is 10.4. The Morgan fingerprint density at radius 2 is 1.81 bits per heavy atom. The van der Waals surface area contributed by atoms with Crippen LogP contribution in [0.1, 0.15) is 20.7 Å². The van der Waals surface area contributed by atoms with Crippen molar-refractivity contribution in [2.24, 2.45) is 0 Å². The first kappa shape index (κ1) is 15.1. The number of hydrogen-bond acceptors (Lipinski definition) is 2. The van der Waals surface area contributed by atoms with Crippen molar-refractivity contribution in [2.75, 3.05) is 5.32 Å². The van der Waals surface area contributed by atoms with Gasteiger partial charge in [0.05, 0.1) is 16.8 Å². The zero-order valence-corrected chi connectivity index (χ0v) is 11.9. The number of hydrogen-bond donors (Lipinski definition) is 2. The Hall–Kier alpha value is -2.28. The number of rotatable bonds is 3. The zero-order chi connectivity index (χ0) is 15.6. The number of aromatic carboxylic acids is 1. The normalized spacial score (nSPS) is 10.2. The molecule has 4 nitrogen and oxygen atoms in total. The monoisotopic (exact) mass is 355 g/mol. The van der Waals surface area contributed by atoms with Gasteiger partial charge in [0.15, 0.2) is 0 Å². The first-order valence-corrected chi connectivity index (χ1v) is 6.47. The van der Waals surface area contributed by atoms with Gasteiger partial charge in [-0.15, -0.1) is 0 Å². The number of halogens is 3. The summed E-state index contributed by atoms with van der Waals surface area (Å²) in [6, 6.07) is 6.77. The molecular formula is C14H8BrF2NO3.